The smallest absolute Gasteiger partial charge is 0.312 e. The van der Waals surface area contributed by atoms with Crippen LogP contribution in [-0.2, 0) is 0 Å². The molecule has 0 spiro atoms. The van der Waals surface area contributed by atoms with Crippen LogP contribution >= 0.6 is 15.9 Å². The number of hydrogen-bond donors (Lipinski definition) is 0. The van der Waals surface area contributed by atoms with E-state index in [1.165, 1.54) is 24.3 Å². The number of rotatable bonds is 3. The molecule has 0 bridgehead atoms. The summed E-state index contributed by atoms with van der Waals surface area (Å²) in [6.07, 6.45) is 0. The predicted octanol–water partition coefficient (Wildman–Crippen LogP) is 3.42. The van der Waals surface area contributed by atoms with Gasteiger partial charge in [0.15, 0.2) is 0 Å². The van der Waals surface area contributed by atoms with E-state index in [4.69, 9.17) is 10.00 Å². The van der Waals surface area contributed by atoms with Crippen LogP contribution in [0.25, 0.3) is 0 Å². The summed E-state index contributed by atoms with van der Waals surface area (Å²) in [7, 11) is 0. The van der Waals surface area contributed by atoms with Crippen molar-refractivity contribution in [2.24, 2.45) is 0 Å². The van der Waals surface area contributed by atoms with Crippen LogP contribution in [0.3, 0.4) is 0 Å². The zero-order chi connectivity index (χ0) is 13.8. The van der Waals surface area contributed by atoms with Crippen LogP contribution in [0.5, 0.6) is 11.6 Å². The second kappa shape index (κ2) is 5.46. The minimum atomic E-state index is -0.547. The van der Waals surface area contributed by atoms with E-state index in [2.05, 4.69) is 20.9 Å². The third kappa shape index (κ3) is 3.05. The highest BCUT2D eigenvalue weighted by Crippen LogP contribution is 2.32. The fourth-order valence-electron chi connectivity index (χ4n) is 1.37. The maximum Gasteiger partial charge on any atom is 0.312 e. The van der Waals surface area contributed by atoms with E-state index >= 15 is 0 Å². The Morgan fingerprint density at radius 3 is 2.84 bits per heavy atom. The first-order valence-electron chi connectivity index (χ1n) is 5.09. The van der Waals surface area contributed by atoms with Crippen LogP contribution in [0.15, 0.2) is 40.9 Å². The molecule has 0 aliphatic rings. The summed E-state index contributed by atoms with van der Waals surface area (Å²) >= 11 is 3.15. The van der Waals surface area contributed by atoms with Crippen molar-refractivity contribution in [1.29, 1.82) is 5.26 Å². The maximum atomic E-state index is 10.9. The number of halogens is 1. The lowest BCUT2D eigenvalue weighted by molar-refractivity contribution is -0.385. The first kappa shape index (κ1) is 13.0. The topological polar surface area (TPSA) is 89.0 Å². The van der Waals surface area contributed by atoms with Crippen molar-refractivity contribution in [2.75, 3.05) is 0 Å². The highest BCUT2D eigenvalue weighted by Gasteiger charge is 2.16. The molecular weight excluding hydrogens is 314 g/mol. The molecule has 1 aromatic heterocycles. The zero-order valence-corrected chi connectivity index (χ0v) is 11.0. The summed E-state index contributed by atoms with van der Waals surface area (Å²) in [6.45, 7) is 0. The highest BCUT2D eigenvalue weighted by molar-refractivity contribution is 9.10. The molecule has 7 heteroatoms. The molecule has 1 heterocycles. The number of nitro groups is 1. The maximum absolute atomic E-state index is 10.9. The second-order valence-electron chi connectivity index (χ2n) is 3.44. The van der Waals surface area contributed by atoms with Gasteiger partial charge >= 0.3 is 5.69 Å². The molecule has 94 valence electrons. The number of pyridine rings is 1. The lowest BCUT2D eigenvalue weighted by Crippen LogP contribution is -1.95. The van der Waals surface area contributed by atoms with Crippen molar-refractivity contribution in [3.63, 3.8) is 0 Å². The molecule has 6 nitrogen and oxygen atoms in total. The molecule has 2 aromatic rings. The van der Waals surface area contributed by atoms with E-state index in [0.717, 1.165) is 0 Å². The molecule has 0 atom stereocenters. The number of nitrogens with zero attached hydrogens (tertiary/aromatic N) is 3. The Kier molecular flexibility index (Phi) is 3.73. The normalized spacial score (nSPS) is 9.68. The van der Waals surface area contributed by atoms with Gasteiger partial charge in [0.2, 0.25) is 11.6 Å². The minimum Gasteiger partial charge on any atom is -0.432 e. The van der Waals surface area contributed by atoms with Crippen molar-refractivity contribution in [3.05, 3.63) is 56.7 Å². The number of hydrogen-bond acceptors (Lipinski definition) is 5. The summed E-state index contributed by atoms with van der Waals surface area (Å²) in [5.41, 5.74) is -0.00389. The Labute approximate surface area is 116 Å². The highest BCUT2D eigenvalue weighted by atomic mass is 79.9. The van der Waals surface area contributed by atoms with Crippen LogP contribution in [0.4, 0.5) is 5.69 Å². The molecule has 0 aliphatic carbocycles. The van der Waals surface area contributed by atoms with Gasteiger partial charge in [0.05, 0.1) is 4.92 Å². The average Bonchev–Trinajstić information content (AvgIpc) is 2.41. The monoisotopic (exact) mass is 319 g/mol. The summed E-state index contributed by atoms with van der Waals surface area (Å²) in [6, 6.07) is 10.9. The Balaban J connectivity index is 2.38. The van der Waals surface area contributed by atoms with Crippen LogP contribution < -0.4 is 4.74 Å². The largest absolute Gasteiger partial charge is 0.432 e. The summed E-state index contributed by atoms with van der Waals surface area (Å²) in [5, 5.41) is 19.6. The van der Waals surface area contributed by atoms with Crippen molar-refractivity contribution < 1.29 is 9.66 Å². The summed E-state index contributed by atoms with van der Waals surface area (Å²) < 4.78 is 5.92. The molecule has 2 rings (SSSR count). The fraction of sp³-hybridized carbons (Fsp3) is 0. The van der Waals surface area contributed by atoms with Gasteiger partial charge in [-0.15, -0.1) is 0 Å². The van der Waals surface area contributed by atoms with Gasteiger partial charge < -0.3 is 4.74 Å². The van der Waals surface area contributed by atoms with Gasteiger partial charge in [-0.05, 0) is 18.2 Å². The predicted molar refractivity (Wildman–Crippen MR) is 69.8 cm³/mol. The van der Waals surface area contributed by atoms with Gasteiger partial charge in [-0.1, -0.05) is 22.0 Å². The lowest BCUT2D eigenvalue weighted by atomic mass is 10.3. The molecule has 0 saturated heterocycles. The van der Waals surface area contributed by atoms with Gasteiger partial charge in [0.25, 0.3) is 0 Å². The van der Waals surface area contributed by atoms with Gasteiger partial charge in [-0.3, -0.25) is 10.1 Å². The van der Waals surface area contributed by atoms with Crippen molar-refractivity contribution >= 4 is 21.6 Å². The molecule has 0 amide bonds. The molecule has 0 saturated carbocycles. The summed E-state index contributed by atoms with van der Waals surface area (Å²) in [4.78, 5) is 14.3. The van der Waals surface area contributed by atoms with E-state index in [-0.39, 0.29) is 23.0 Å². The Morgan fingerprint density at radius 2 is 2.16 bits per heavy atom. The molecule has 19 heavy (non-hydrogen) atoms. The third-order valence-electron chi connectivity index (χ3n) is 2.17. The van der Waals surface area contributed by atoms with E-state index < -0.39 is 4.92 Å². The van der Waals surface area contributed by atoms with Crippen LogP contribution in [0, 0.1) is 21.4 Å². The number of aromatic nitrogens is 1. The van der Waals surface area contributed by atoms with E-state index in [1.54, 1.807) is 12.1 Å². The fourth-order valence-corrected chi connectivity index (χ4v) is 1.72. The van der Waals surface area contributed by atoms with Gasteiger partial charge in [0.1, 0.15) is 11.8 Å². The molecular formula is C12H6BrN3O3. The van der Waals surface area contributed by atoms with Crippen molar-refractivity contribution in [3.8, 4) is 17.7 Å². The molecule has 1 aromatic carbocycles. The second-order valence-corrected chi connectivity index (χ2v) is 4.36. The Morgan fingerprint density at radius 1 is 1.37 bits per heavy atom. The molecule has 0 fully saturated rings. The molecule has 0 radical (unpaired) electrons. The van der Waals surface area contributed by atoms with E-state index in [9.17, 15) is 10.1 Å². The number of ether oxygens (including phenoxy) is 1. The minimum absolute atomic E-state index is 0.0655. The molecule has 0 unspecified atom stereocenters. The van der Waals surface area contributed by atoms with Crippen LogP contribution in [0.1, 0.15) is 5.69 Å². The number of nitriles is 1. The Bertz CT molecular complexity index is 682. The van der Waals surface area contributed by atoms with E-state index in [1.807, 2.05) is 6.07 Å². The third-order valence-corrected chi connectivity index (χ3v) is 2.66. The Hall–Kier alpha value is -2.46. The number of benzene rings is 1. The standard InChI is InChI=1S/C12H6BrN3O3/c13-8-4-5-11(10(6-8)16(17)18)19-12-3-1-2-9(7-14)15-12/h1-6H. The van der Waals surface area contributed by atoms with Crippen LogP contribution in [0.2, 0.25) is 0 Å². The summed E-state index contributed by atoms with van der Waals surface area (Å²) in [5.74, 6) is 0.195. The zero-order valence-electron chi connectivity index (χ0n) is 9.41. The van der Waals surface area contributed by atoms with Gasteiger partial charge in [0, 0.05) is 16.6 Å². The first-order chi connectivity index (χ1) is 9.10. The van der Waals surface area contributed by atoms with Gasteiger partial charge in [-0.25, -0.2) is 4.98 Å². The van der Waals surface area contributed by atoms with E-state index in [0.29, 0.717) is 4.47 Å². The molecule has 0 aliphatic heterocycles. The molecule has 0 N–H and O–H groups in total. The average molecular weight is 320 g/mol. The quantitative estimate of drug-likeness (QED) is 0.638. The van der Waals surface area contributed by atoms with Crippen LogP contribution in [-0.4, -0.2) is 9.91 Å². The van der Waals surface area contributed by atoms with Gasteiger partial charge in [-0.2, -0.15) is 5.26 Å². The lowest BCUT2D eigenvalue weighted by Gasteiger charge is -2.05. The van der Waals surface area contributed by atoms with Crippen molar-refractivity contribution in [1.82, 2.24) is 4.98 Å². The first-order valence-corrected chi connectivity index (χ1v) is 5.88. The number of nitro benzene ring substituents is 1. The SMILES string of the molecule is N#Cc1cccc(Oc2ccc(Br)cc2[N+](=O)[O-])n1. The van der Waals surface area contributed by atoms with Crippen molar-refractivity contribution in [2.45, 2.75) is 0 Å².